The van der Waals surface area contributed by atoms with Crippen molar-refractivity contribution in [3.05, 3.63) is 17.0 Å². The van der Waals surface area contributed by atoms with Gasteiger partial charge in [-0.25, -0.2) is 8.78 Å². The molecule has 0 spiro atoms. The topological polar surface area (TPSA) is 45.8 Å². The predicted molar refractivity (Wildman–Crippen MR) is 57.2 cm³/mol. The zero-order valence-electron chi connectivity index (χ0n) is 9.59. The fourth-order valence-corrected chi connectivity index (χ4v) is 2.82. The number of H-pyrrole nitrogens is 1. The number of carbonyl (C=O) groups excluding carboxylic acids is 1. The van der Waals surface area contributed by atoms with Crippen LogP contribution in [0.5, 0.6) is 0 Å². The lowest BCUT2D eigenvalue weighted by Crippen LogP contribution is -2.09. The molecule has 0 aromatic carbocycles. The minimum Gasteiger partial charge on any atom is -0.292 e. The summed E-state index contributed by atoms with van der Waals surface area (Å²) >= 11 is 0. The quantitative estimate of drug-likeness (QED) is 0.824. The van der Waals surface area contributed by atoms with Crippen LogP contribution in [-0.4, -0.2) is 21.9 Å². The Morgan fingerprint density at radius 1 is 1.47 bits per heavy atom. The maximum absolute atomic E-state index is 13.3. The van der Waals surface area contributed by atoms with Crippen LogP contribution in [0.15, 0.2) is 0 Å². The maximum Gasteiger partial charge on any atom is 0.255 e. The first-order valence-electron chi connectivity index (χ1n) is 6.02. The van der Waals surface area contributed by atoms with Crippen LogP contribution in [0.2, 0.25) is 0 Å². The van der Waals surface area contributed by atoms with Crippen LogP contribution in [-0.2, 0) is 12.8 Å². The second kappa shape index (κ2) is 3.37. The largest absolute Gasteiger partial charge is 0.292 e. The van der Waals surface area contributed by atoms with Gasteiger partial charge in [-0.3, -0.25) is 9.89 Å². The summed E-state index contributed by atoms with van der Waals surface area (Å²) in [5.41, 5.74) is 1.87. The van der Waals surface area contributed by atoms with Crippen molar-refractivity contribution in [2.24, 2.45) is 11.8 Å². The average Bonchev–Trinajstić information content (AvgIpc) is 2.68. The summed E-state index contributed by atoms with van der Waals surface area (Å²) in [4.78, 5) is 11.8. The molecule has 5 heteroatoms. The third-order valence-corrected chi connectivity index (χ3v) is 3.91. The molecular weight excluding hydrogens is 226 g/mol. The summed E-state index contributed by atoms with van der Waals surface area (Å²) in [5, 5.41) is 6.76. The number of rotatable bonds is 3. The van der Waals surface area contributed by atoms with Crippen LogP contribution in [0.1, 0.15) is 41.5 Å². The number of carbonyl (C=O) groups is 1. The molecule has 1 fully saturated rings. The van der Waals surface area contributed by atoms with E-state index in [9.17, 15) is 13.6 Å². The van der Waals surface area contributed by atoms with Gasteiger partial charge in [0.2, 0.25) is 0 Å². The lowest BCUT2D eigenvalue weighted by Gasteiger charge is -2.08. The van der Waals surface area contributed by atoms with E-state index < -0.39 is 17.8 Å². The van der Waals surface area contributed by atoms with Gasteiger partial charge in [0.1, 0.15) is 5.69 Å². The number of aromatic amines is 1. The first kappa shape index (κ1) is 10.9. The third kappa shape index (κ3) is 1.44. The van der Waals surface area contributed by atoms with Crippen LogP contribution in [0.4, 0.5) is 8.78 Å². The third-order valence-electron chi connectivity index (χ3n) is 3.91. The number of alkyl halides is 2. The molecule has 1 aromatic heterocycles. The van der Waals surface area contributed by atoms with Gasteiger partial charge in [0.05, 0.1) is 0 Å². The number of hydrogen-bond acceptors (Lipinski definition) is 2. The lowest BCUT2D eigenvalue weighted by molar-refractivity contribution is 0.0850. The van der Waals surface area contributed by atoms with Crippen LogP contribution in [0.25, 0.3) is 0 Å². The van der Waals surface area contributed by atoms with E-state index in [2.05, 4.69) is 10.2 Å². The summed E-state index contributed by atoms with van der Waals surface area (Å²) in [6, 6.07) is 0. The van der Waals surface area contributed by atoms with Gasteiger partial charge in [0, 0.05) is 29.5 Å². The van der Waals surface area contributed by atoms with Crippen LogP contribution < -0.4 is 0 Å². The Labute approximate surface area is 97.6 Å². The van der Waals surface area contributed by atoms with Crippen LogP contribution in [0.3, 0.4) is 0 Å². The number of Topliss-reactive ketones (excluding diaryl/α,β-unsaturated/α-hetero) is 1. The second-order valence-corrected chi connectivity index (χ2v) is 5.00. The highest BCUT2D eigenvalue weighted by Gasteiger charge is 2.69. The van der Waals surface area contributed by atoms with E-state index in [1.807, 2.05) is 6.92 Å². The molecule has 3 nitrogen and oxygen atoms in total. The molecule has 1 saturated carbocycles. The van der Waals surface area contributed by atoms with E-state index in [0.29, 0.717) is 25.0 Å². The van der Waals surface area contributed by atoms with Gasteiger partial charge in [-0.05, 0) is 19.3 Å². The molecule has 17 heavy (non-hydrogen) atoms. The van der Waals surface area contributed by atoms with E-state index in [-0.39, 0.29) is 5.78 Å². The van der Waals surface area contributed by atoms with Gasteiger partial charge in [-0.15, -0.1) is 0 Å². The molecular formula is C12H14F2N2O. The molecule has 2 aliphatic rings. The molecule has 3 rings (SSSR count). The monoisotopic (exact) mass is 240 g/mol. The Morgan fingerprint density at radius 3 is 2.88 bits per heavy atom. The van der Waals surface area contributed by atoms with Crippen molar-refractivity contribution in [2.45, 2.75) is 38.5 Å². The minimum absolute atomic E-state index is 0.0348. The van der Waals surface area contributed by atoms with Crippen molar-refractivity contribution < 1.29 is 13.6 Å². The molecule has 0 bridgehead atoms. The molecule has 1 aromatic rings. The lowest BCUT2D eigenvalue weighted by atomic mass is 9.94. The van der Waals surface area contributed by atoms with Gasteiger partial charge in [0.25, 0.3) is 5.92 Å². The first-order chi connectivity index (χ1) is 8.05. The number of nitrogens with zero attached hydrogens (tertiary/aromatic N) is 1. The van der Waals surface area contributed by atoms with Crippen LogP contribution in [0, 0.1) is 11.8 Å². The van der Waals surface area contributed by atoms with E-state index >= 15 is 0 Å². The van der Waals surface area contributed by atoms with Crippen molar-refractivity contribution in [2.75, 3.05) is 0 Å². The van der Waals surface area contributed by atoms with Crippen molar-refractivity contribution in [3.63, 3.8) is 0 Å². The molecule has 0 radical (unpaired) electrons. The summed E-state index contributed by atoms with van der Waals surface area (Å²) in [5.74, 6) is -3.68. The Bertz CT molecular complexity index is 481. The van der Waals surface area contributed by atoms with Crippen molar-refractivity contribution in [1.29, 1.82) is 0 Å². The van der Waals surface area contributed by atoms with Crippen LogP contribution >= 0.6 is 0 Å². The van der Waals surface area contributed by atoms with Crippen molar-refractivity contribution in [3.8, 4) is 0 Å². The summed E-state index contributed by atoms with van der Waals surface area (Å²) < 4.78 is 26.6. The number of aromatic nitrogens is 2. The predicted octanol–water partition coefficient (Wildman–Crippen LogP) is 2.37. The smallest absolute Gasteiger partial charge is 0.255 e. The highest BCUT2D eigenvalue weighted by Crippen LogP contribution is 2.60. The maximum atomic E-state index is 13.3. The van der Waals surface area contributed by atoms with Gasteiger partial charge in [-0.2, -0.15) is 5.10 Å². The van der Waals surface area contributed by atoms with Gasteiger partial charge >= 0.3 is 0 Å². The zero-order chi connectivity index (χ0) is 12.2. The number of ketones is 1. The standard InChI is InChI=1S/C12H14F2N2O/c1-2-3-10(17)11-6-4-7-8(12(7,13)14)5-9(6)15-16-11/h7-8H,2-5H2,1H3,(H,15,16). The Hall–Kier alpha value is -1.26. The molecule has 92 valence electrons. The SMILES string of the molecule is CCCC(=O)c1n[nH]c2c1CC1C(C2)C1(F)F. The summed E-state index contributed by atoms with van der Waals surface area (Å²) in [6.07, 6.45) is 1.82. The molecule has 0 saturated heterocycles. The zero-order valence-corrected chi connectivity index (χ0v) is 9.59. The fourth-order valence-electron chi connectivity index (χ4n) is 2.82. The highest BCUT2D eigenvalue weighted by atomic mass is 19.3. The average molecular weight is 240 g/mol. The van der Waals surface area contributed by atoms with Gasteiger partial charge in [0.15, 0.2) is 5.78 Å². The van der Waals surface area contributed by atoms with E-state index in [1.165, 1.54) is 0 Å². The minimum atomic E-state index is -2.54. The number of nitrogens with one attached hydrogen (secondary N) is 1. The Kier molecular flexibility index (Phi) is 2.15. The molecule has 0 amide bonds. The highest BCUT2D eigenvalue weighted by molar-refractivity contribution is 5.95. The molecule has 2 atom stereocenters. The van der Waals surface area contributed by atoms with E-state index in [1.54, 1.807) is 0 Å². The first-order valence-corrected chi connectivity index (χ1v) is 6.02. The number of halogens is 2. The Balaban J connectivity index is 1.88. The Morgan fingerprint density at radius 2 is 2.18 bits per heavy atom. The van der Waals surface area contributed by atoms with Crippen molar-refractivity contribution >= 4 is 5.78 Å². The van der Waals surface area contributed by atoms with Gasteiger partial charge < -0.3 is 0 Å². The van der Waals surface area contributed by atoms with Gasteiger partial charge in [-0.1, -0.05) is 6.92 Å². The molecule has 1 N–H and O–H groups in total. The summed E-state index contributed by atoms with van der Waals surface area (Å²) in [6.45, 7) is 1.92. The fraction of sp³-hybridized carbons (Fsp3) is 0.667. The van der Waals surface area contributed by atoms with E-state index in [4.69, 9.17) is 0 Å². The number of hydrogen-bond donors (Lipinski definition) is 1. The summed E-state index contributed by atoms with van der Waals surface area (Å²) in [7, 11) is 0. The number of fused-ring (bicyclic) bond motifs is 2. The second-order valence-electron chi connectivity index (χ2n) is 5.00. The molecule has 0 aliphatic heterocycles. The molecule has 2 aliphatic carbocycles. The van der Waals surface area contributed by atoms with Crippen molar-refractivity contribution in [1.82, 2.24) is 10.2 Å². The molecule has 1 heterocycles. The molecule has 2 unspecified atom stereocenters. The normalized spacial score (nSPS) is 28.4. The van der Waals surface area contributed by atoms with E-state index in [0.717, 1.165) is 17.7 Å².